The number of nitrogens with zero attached hydrogens (tertiary/aromatic N) is 4. The molecule has 0 unspecified atom stereocenters. The fourth-order valence-electron chi connectivity index (χ4n) is 3.24. The Bertz CT molecular complexity index is 1270. The number of carbonyl (C=O) groups excluding carboxylic acids is 1. The van der Waals surface area contributed by atoms with E-state index in [0.717, 1.165) is 5.56 Å². The van der Waals surface area contributed by atoms with Crippen molar-refractivity contribution in [3.8, 4) is 0 Å². The zero-order valence-corrected chi connectivity index (χ0v) is 22.9. The van der Waals surface area contributed by atoms with Gasteiger partial charge in [-0.1, -0.05) is 42.2 Å². The van der Waals surface area contributed by atoms with Gasteiger partial charge in [0.2, 0.25) is 0 Å². The van der Waals surface area contributed by atoms with Crippen LogP contribution in [0.15, 0.2) is 40.7 Å². The van der Waals surface area contributed by atoms with E-state index in [1.54, 1.807) is 37.4 Å². The number of oxime groups is 1. The molecule has 0 bridgehead atoms. The van der Waals surface area contributed by atoms with Crippen molar-refractivity contribution in [2.45, 2.75) is 66.5 Å². The highest BCUT2D eigenvalue weighted by Crippen LogP contribution is 2.24. The summed E-state index contributed by atoms with van der Waals surface area (Å²) in [5.74, 6) is -0.812. The van der Waals surface area contributed by atoms with Crippen LogP contribution >= 0.6 is 23.2 Å². The second kappa shape index (κ2) is 12.8. The molecule has 0 saturated carbocycles. The molecule has 0 saturated heterocycles. The smallest absolute Gasteiger partial charge is 0.306 e. The Balaban J connectivity index is 0.00000222. The first kappa shape index (κ1) is 29.3. The van der Waals surface area contributed by atoms with Gasteiger partial charge in [-0.3, -0.25) is 4.79 Å². The fraction of sp³-hybridized carbons (Fsp3) is 0.385. The van der Waals surface area contributed by atoms with Crippen molar-refractivity contribution in [1.82, 2.24) is 9.38 Å². The zero-order valence-electron chi connectivity index (χ0n) is 21.4. The largest absolute Gasteiger partial charge is 0.460 e. The molecule has 0 amide bonds. The van der Waals surface area contributed by atoms with Gasteiger partial charge in [0.05, 0.1) is 11.6 Å². The molecule has 0 aliphatic carbocycles. The number of benzene rings is 1. The second-order valence-electron chi connectivity index (χ2n) is 8.69. The molecule has 0 aliphatic heterocycles. The van der Waals surface area contributed by atoms with Crippen molar-refractivity contribution in [2.75, 3.05) is 0 Å². The molecule has 1 aromatic carbocycles. The molecule has 0 N–H and O–H groups in total. The molecule has 3 rings (SSSR count). The van der Waals surface area contributed by atoms with Crippen molar-refractivity contribution in [1.29, 1.82) is 0 Å². The summed E-state index contributed by atoms with van der Waals surface area (Å²) in [4.78, 5) is 25.9. The number of halogens is 3. The topological polar surface area (TPSA) is 77.5 Å². The van der Waals surface area contributed by atoms with Gasteiger partial charge in [0.15, 0.2) is 5.65 Å². The molecular formula is C26H31Cl2FN4O3. The van der Waals surface area contributed by atoms with Crippen molar-refractivity contribution in [3.63, 3.8) is 0 Å². The predicted octanol–water partition coefficient (Wildman–Crippen LogP) is 6.97. The number of aliphatic imine (C=N–C) groups is 1. The minimum atomic E-state index is -0.597. The molecular weight excluding hydrogens is 506 g/mol. The third-order valence-corrected chi connectivity index (χ3v) is 5.27. The van der Waals surface area contributed by atoms with Gasteiger partial charge in [-0.2, -0.15) is 0 Å². The number of esters is 1. The lowest BCUT2D eigenvalue weighted by Crippen LogP contribution is -2.24. The first-order valence-corrected chi connectivity index (χ1v) is 12.2. The van der Waals surface area contributed by atoms with Crippen LogP contribution in [0.4, 0.5) is 4.39 Å². The molecule has 0 radical (unpaired) electrons. The number of carbonyl (C=O) groups is 1. The van der Waals surface area contributed by atoms with Crippen molar-refractivity contribution < 1.29 is 18.8 Å². The molecule has 0 spiro atoms. The number of ether oxygens (including phenoxy) is 1. The third-order valence-electron chi connectivity index (χ3n) is 4.64. The standard InChI is InChI=1S/C24H25Cl2FN4O3.C2H6/c1-14-8-18(26)22-30-20(13-31(22)12-14)23(34-28-5)29-11-16-10-19(27)15(9-17(16)25)6-7-21(32)33-24(2,3)4;1-2/h8-10,12-13H,5-7,11H2,1-4H3;1-2H3. The van der Waals surface area contributed by atoms with Crippen LogP contribution in [0.25, 0.3) is 5.65 Å². The van der Waals surface area contributed by atoms with E-state index in [1.165, 1.54) is 12.1 Å². The van der Waals surface area contributed by atoms with Crippen molar-refractivity contribution >= 4 is 47.4 Å². The molecule has 3 aromatic rings. The predicted molar refractivity (Wildman–Crippen MR) is 143 cm³/mol. The van der Waals surface area contributed by atoms with E-state index in [1.807, 2.05) is 27.0 Å². The van der Waals surface area contributed by atoms with E-state index >= 15 is 0 Å². The highest BCUT2D eigenvalue weighted by atomic mass is 35.5. The summed E-state index contributed by atoms with van der Waals surface area (Å²) in [6.45, 7) is 14.6. The Morgan fingerprint density at radius 2 is 1.83 bits per heavy atom. The fourth-order valence-corrected chi connectivity index (χ4v) is 3.80. The average molecular weight is 537 g/mol. The first-order valence-electron chi connectivity index (χ1n) is 11.5. The minimum Gasteiger partial charge on any atom is -0.460 e. The molecule has 0 fully saturated rings. The van der Waals surface area contributed by atoms with Gasteiger partial charge < -0.3 is 14.0 Å². The third kappa shape index (κ3) is 8.03. The molecule has 2 heterocycles. The number of pyridine rings is 1. The van der Waals surface area contributed by atoms with E-state index in [9.17, 15) is 9.18 Å². The van der Waals surface area contributed by atoms with E-state index in [4.69, 9.17) is 32.8 Å². The highest BCUT2D eigenvalue weighted by Gasteiger charge is 2.18. The Morgan fingerprint density at radius 3 is 2.47 bits per heavy atom. The summed E-state index contributed by atoms with van der Waals surface area (Å²) in [5.41, 5.74) is 2.02. The molecule has 0 aliphatic rings. The summed E-state index contributed by atoms with van der Waals surface area (Å²) < 4.78 is 21.7. The van der Waals surface area contributed by atoms with E-state index in [2.05, 4.69) is 21.8 Å². The Morgan fingerprint density at radius 1 is 1.14 bits per heavy atom. The number of hydrogen-bond acceptors (Lipinski definition) is 6. The van der Waals surface area contributed by atoms with Gasteiger partial charge in [-0.25, -0.2) is 14.4 Å². The lowest BCUT2D eigenvalue weighted by molar-refractivity contribution is -0.154. The first-order chi connectivity index (χ1) is 17.0. The van der Waals surface area contributed by atoms with Crippen LogP contribution < -0.4 is 0 Å². The quantitative estimate of drug-likeness (QED) is 0.141. The average Bonchev–Trinajstić information content (AvgIpc) is 3.22. The van der Waals surface area contributed by atoms with Crippen LogP contribution in [0, 0.1) is 12.7 Å². The number of hydrogen-bond donors (Lipinski definition) is 0. The van der Waals surface area contributed by atoms with Gasteiger partial charge in [0, 0.05) is 30.6 Å². The van der Waals surface area contributed by atoms with Crippen molar-refractivity contribution in [2.24, 2.45) is 10.1 Å². The monoisotopic (exact) mass is 536 g/mol. The molecule has 194 valence electrons. The number of fused-ring (bicyclic) bond motifs is 1. The Labute approximate surface area is 220 Å². The summed E-state index contributed by atoms with van der Waals surface area (Å²) in [6.07, 6.45) is 3.76. The van der Waals surface area contributed by atoms with E-state index in [-0.39, 0.29) is 25.3 Å². The number of rotatable bonds is 7. The van der Waals surface area contributed by atoms with Crippen LogP contribution in [0.3, 0.4) is 0 Å². The number of aromatic nitrogens is 2. The maximum Gasteiger partial charge on any atom is 0.306 e. The summed E-state index contributed by atoms with van der Waals surface area (Å²) in [5, 5.41) is 4.23. The zero-order chi connectivity index (χ0) is 27.0. The molecule has 0 atom stereocenters. The second-order valence-corrected chi connectivity index (χ2v) is 9.50. The molecule has 10 heteroatoms. The highest BCUT2D eigenvalue weighted by molar-refractivity contribution is 6.33. The van der Waals surface area contributed by atoms with Gasteiger partial charge in [0.25, 0.3) is 5.90 Å². The van der Waals surface area contributed by atoms with Gasteiger partial charge in [-0.05, 0) is 69.0 Å². The molecule has 2 aromatic heterocycles. The van der Waals surface area contributed by atoms with Gasteiger partial charge in [-0.15, -0.1) is 0 Å². The SMILES string of the molecule is C=NOC(=NCc1cc(F)c(CCC(=O)OC(C)(C)C)cc1Cl)c1cn2cc(C)cc(Cl)c2n1.CC. The summed E-state index contributed by atoms with van der Waals surface area (Å²) in [6, 6.07) is 4.58. The normalized spacial score (nSPS) is 11.6. The lowest BCUT2D eigenvalue weighted by Gasteiger charge is -2.19. The number of imidazole rings is 1. The van der Waals surface area contributed by atoms with Crippen molar-refractivity contribution in [3.05, 3.63) is 68.8 Å². The van der Waals surface area contributed by atoms with Crippen LogP contribution in [0.5, 0.6) is 0 Å². The van der Waals surface area contributed by atoms with Crippen LogP contribution in [-0.4, -0.2) is 33.6 Å². The Kier molecular flexibility index (Phi) is 10.4. The van der Waals surface area contributed by atoms with Crippen LogP contribution in [0.1, 0.15) is 63.4 Å². The number of aryl methyl sites for hydroxylation is 2. The van der Waals surface area contributed by atoms with E-state index in [0.29, 0.717) is 32.5 Å². The molecule has 7 nitrogen and oxygen atoms in total. The Hall–Kier alpha value is -2.97. The van der Waals surface area contributed by atoms with Gasteiger partial charge >= 0.3 is 5.97 Å². The van der Waals surface area contributed by atoms with Crippen LogP contribution in [0.2, 0.25) is 10.0 Å². The molecule has 36 heavy (non-hydrogen) atoms. The minimum absolute atomic E-state index is 0.00752. The van der Waals surface area contributed by atoms with E-state index < -0.39 is 17.4 Å². The summed E-state index contributed by atoms with van der Waals surface area (Å²) >= 11 is 12.6. The maximum atomic E-state index is 14.7. The van der Waals surface area contributed by atoms with Crippen LogP contribution in [-0.2, 0) is 27.3 Å². The summed E-state index contributed by atoms with van der Waals surface area (Å²) in [7, 11) is 0. The lowest BCUT2D eigenvalue weighted by atomic mass is 10.1. The maximum absolute atomic E-state index is 14.7. The van der Waals surface area contributed by atoms with Gasteiger partial charge in [0.1, 0.15) is 17.1 Å².